The van der Waals surface area contributed by atoms with Gasteiger partial charge in [0.15, 0.2) is 11.5 Å². The van der Waals surface area contributed by atoms with Crippen LogP contribution in [0.3, 0.4) is 0 Å². The molecule has 0 aromatic heterocycles. The second-order valence-electron chi connectivity index (χ2n) is 6.53. The number of hydrogen-bond acceptors (Lipinski definition) is 4. The number of carbonyl (C=O) groups excluding carboxylic acids is 2. The number of ether oxygens (including phenoxy) is 1. The molecule has 1 N–H and O–H groups in total. The first kappa shape index (κ1) is 19.6. The molecular weight excluding hydrogens is 354 g/mol. The first-order valence-corrected chi connectivity index (χ1v) is 9.19. The largest absolute Gasteiger partial charge is 0.503 e. The Labute approximate surface area is 164 Å². The van der Waals surface area contributed by atoms with Crippen LogP contribution in [0.25, 0.3) is 6.08 Å². The lowest BCUT2D eigenvalue weighted by Crippen LogP contribution is -2.32. The van der Waals surface area contributed by atoms with E-state index in [0.29, 0.717) is 19.6 Å². The summed E-state index contributed by atoms with van der Waals surface area (Å²) in [4.78, 5) is 27.1. The van der Waals surface area contributed by atoms with Crippen LogP contribution in [0, 0.1) is 0 Å². The predicted octanol–water partition coefficient (Wildman–Crippen LogP) is 3.70. The molecule has 5 nitrogen and oxygen atoms in total. The van der Waals surface area contributed by atoms with Gasteiger partial charge in [-0.3, -0.25) is 9.59 Å². The third kappa shape index (κ3) is 4.21. The molecule has 5 heteroatoms. The second kappa shape index (κ2) is 9.15. The van der Waals surface area contributed by atoms with E-state index in [1.54, 1.807) is 13.2 Å². The zero-order valence-corrected chi connectivity index (χ0v) is 15.7. The Bertz CT molecular complexity index is 887. The standard InChI is InChI=1S/C23H23NO4/c1-28-16-8-15-24-21(18-11-6-3-7-12-18)20(22(26)23(24)27)19(25)14-13-17-9-4-2-5-10-17/h2-7,9-14,21,26H,8,15-16H2,1H3/b14-13+. The molecule has 28 heavy (non-hydrogen) atoms. The molecule has 1 aliphatic heterocycles. The Morgan fingerprint density at radius 3 is 2.39 bits per heavy atom. The van der Waals surface area contributed by atoms with Crippen molar-refractivity contribution in [2.45, 2.75) is 12.5 Å². The molecule has 0 radical (unpaired) electrons. The van der Waals surface area contributed by atoms with Crippen LogP contribution in [0.15, 0.2) is 78.1 Å². The van der Waals surface area contributed by atoms with Gasteiger partial charge < -0.3 is 14.7 Å². The SMILES string of the molecule is COCCCN1C(=O)C(O)=C(C(=O)/C=C/c2ccccc2)C1c1ccccc1. The van der Waals surface area contributed by atoms with Crippen molar-refractivity contribution in [2.75, 3.05) is 20.3 Å². The van der Waals surface area contributed by atoms with E-state index in [9.17, 15) is 14.7 Å². The van der Waals surface area contributed by atoms with Gasteiger partial charge in [-0.2, -0.15) is 0 Å². The Kier molecular flexibility index (Phi) is 6.40. The van der Waals surface area contributed by atoms with Crippen LogP contribution < -0.4 is 0 Å². The number of hydrogen-bond donors (Lipinski definition) is 1. The Morgan fingerprint density at radius 1 is 1.11 bits per heavy atom. The summed E-state index contributed by atoms with van der Waals surface area (Å²) >= 11 is 0. The maximum Gasteiger partial charge on any atom is 0.290 e. The number of ketones is 1. The minimum absolute atomic E-state index is 0.112. The molecule has 1 aliphatic rings. The summed E-state index contributed by atoms with van der Waals surface area (Å²) in [6, 6.07) is 18.1. The maximum atomic E-state index is 12.9. The van der Waals surface area contributed by atoms with Gasteiger partial charge in [0, 0.05) is 20.3 Å². The van der Waals surface area contributed by atoms with Crippen LogP contribution in [-0.4, -0.2) is 42.0 Å². The van der Waals surface area contributed by atoms with Gasteiger partial charge in [0.1, 0.15) is 0 Å². The first-order valence-electron chi connectivity index (χ1n) is 9.19. The van der Waals surface area contributed by atoms with Gasteiger partial charge in [-0.25, -0.2) is 0 Å². The molecule has 1 heterocycles. The molecule has 0 saturated heterocycles. The molecule has 0 spiro atoms. The lowest BCUT2D eigenvalue weighted by atomic mass is 9.95. The molecule has 0 bridgehead atoms. The van der Waals surface area contributed by atoms with Crippen molar-refractivity contribution in [1.82, 2.24) is 4.90 Å². The summed E-state index contributed by atoms with van der Waals surface area (Å²) in [7, 11) is 1.60. The number of methoxy groups -OCH3 is 1. The van der Waals surface area contributed by atoms with E-state index in [-0.39, 0.29) is 11.4 Å². The summed E-state index contributed by atoms with van der Waals surface area (Å²) in [5.74, 6) is -1.38. The van der Waals surface area contributed by atoms with Crippen molar-refractivity contribution in [1.29, 1.82) is 0 Å². The zero-order chi connectivity index (χ0) is 19.9. The third-order valence-corrected chi connectivity index (χ3v) is 4.66. The van der Waals surface area contributed by atoms with E-state index in [2.05, 4.69) is 0 Å². The van der Waals surface area contributed by atoms with Gasteiger partial charge in [0.2, 0.25) is 0 Å². The van der Waals surface area contributed by atoms with Crippen molar-refractivity contribution in [2.24, 2.45) is 0 Å². The minimum atomic E-state index is -0.613. The van der Waals surface area contributed by atoms with E-state index in [1.807, 2.05) is 60.7 Å². The highest BCUT2D eigenvalue weighted by atomic mass is 16.5. The molecule has 0 aliphatic carbocycles. The topological polar surface area (TPSA) is 66.8 Å². The second-order valence-corrected chi connectivity index (χ2v) is 6.53. The fourth-order valence-corrected chi connectivity index (χ4v) is 3.32. The maximum absolute atomic E-state index is 12.9. The van der Waals surface area contributed by atoms with Crippen LogP contribution in [0.1, 0.15) is 23.6 Å². The Balaban J connectivity index is 1.93. The number of carbonyl (C=O) groups is 2. The van der Waals surface area contributed by atoms with Gasteiger partial charge in [-0.05, 0) is 23.6 Å². The highest BCUT2D eigenvalue weighted by Crippen LogP contribution is 2.37. The molecule has 2 aromatic carbocycles. The van der Waals surface area contributed by atoms with Gasteiger partial charge >= 0.3 is 0 Å². The van der Waals surface area contributed by atoms with Crippen LogP contribution in [0.5, 0.6) is 0 Å². The summed E-state index contributed by atoms with van der Waals surface area (Å²) in [6.07, 6.45) is 3.70. The lowest BCUT2D eigenvalue weighted by Gasteiger charge is -2.26. The molecule has 1 atom stereocenters. The summed E-state index contributed by atoms with van der Waals surface area (Å²) in [5, 5.41) is 10.5. The summed E-state index contributed by atoms with van der Waals surface area (Å²) in [5.41, 5.74) is 1.77. The lowest BCUT2D eigenvalue weighted by molar-refractivity contribution is -0.129. The zero-order valence-electron chi connectivity index (χ0n) is 15.7. The smallest absolute Gasteiger partial charge is 0.290 e. The number of allylic oxidation sites excluding steroid dienone is 1. The predicted molar refractivity (Wildman–Crippen MR) is 108 cm³/mol. The number of aliphatic hydroxyl groups excluding tert-OH is 1. The molecular formula is C23H23NO4. The molecule has 1 amide bonds. The van der Waals surface area contributed by atoms with Gasteiger partial charge in [0.05, 0.1) is 11.6 Å². The van der Waals surface area contributed by atoms with Gasteiger partial charge in [-0.1, -0.05) is 66.7 Å². The van der Waals surface area contributed by atoms with E-state index in [0.717, 1.165) is 11.1 Å². The van der Waals surface area contributed by atoms with Crippen LogP contribution in [-0.2, 0) is 14.3 Å². The highest BCUT2D eigenvalue weighted by Gasteiger charge is 2.42. The van der Waals surface area contributed by atoms with Crippen molar-refractivity contribution in [3.05, 3.63) is 89.2 Å². The molecule has 0 fully saturated rings. The van der Waals surface area contributed by atoms with Crippen LogP contribution in [0.4, 0.5) is 0 Å². The number of benzene rings is 2. The van der Waals surface area contributed by atoms with Gasteiger partial charge in [-0.15, -0.1) is 0 Å². The minimum Gasteiger partial charge on any atom is -0.503 e. The number of nitrogens with zero attached hydrogens (tertiary/aromatic N) is 1. The fourth-order valence-electron chi connectivity index (χ4n) is 3.32. The number of amides is 1. The van der Waals surface area contributed by atoms with Crippen LogP contribution >= 0.6 is 0 Å². The van der Waals surface area contributed by atoms with E-state index < -0.39 is 17.7 Å². The summed E-state index contributed by atoms with van der Waals surface area (Å²) < 4.78 is 5.07. The average molecular weight is 377 g/mol. The molecule has 3 rings (SSSR count). The van der Waals surface area contributed by atoms with Gasteiger partial charge in [0.25, 0.3) is 5.91 Å². The van der Waals surface area contributed by atoms with Crippen molar-refractivity contribution >= 4 is 17.8 Å². The van der Waals surface area contributed by atoms with Crippen molar-refractivity contribution in [3.63, 3.8) is 0 Å². The fraction of sp³-hybridized carbons (Fsp3) is 0.217. The Morgan fingerprint density at radius 2 is 1.75 bits per heavy atom. The van der Waals surface area contributed by atoms with Crippen molar-refractivity contribution < 1.29 is 19.4 Å². The molecule has 2 aromatic rings. The third-order valence-electron chi connectivity index (χ3n) is 4.66. The number of rotatable bonds is 8. The number of aliphatic hydroxyl groups is 1. The normalized spacial score (nSPS) is 17.0. The first-order chi connectivity index (χ1) is 13.6. The van der Waals surface area contributed by atoms with E-state index in [1.165, 1.54) is 11.0 Å². The Hall–Kier alpha value is -3.18. The molecule has 144 valence electrons. The van der Waals surface area contributed by atoms with E-state index >= 15 is 0 Å². The highest BCUT2D eigenvalue weighted by molar-refractivity contribution is 6.14. The average Bonchev–Trinajstić information content (AvgIpc) is 2.98. The molecule has 0 saturated carbocycles. The quantitative estimate of drug-likeness (QED) is 0.563. The van der Waals surface area contributed by atoms with Crippen LogP contribution in [0.2, 0.25) is 0 Å². The van der Waals surface area contributed by atoms with E-state index in [4.69, 9.17) is 4.74 Å². The van der Waals surface area contributed by atoms with Crippen molar-refractivity contribution in [3.8, 4) is 0 Å². The summed E-state index contributed by atoms with van der Waals surface area (Å²) in [6.45, 7) is 0.874. The monoisotopic (exact) mass is 377 g/mol. The molecule has 1 unspecified atom stereocenters.